The van der Waals surface area contributed by atoms with Crippen LogP contribution in [-0.4, -0.2) is 34.3 Å². The Kier molecular flexibility index (Phi) is 8.27. The van der Waals surface area contributed by atoms with Gasteiger partial charge in [0.15, 0.2) is 5.11 Å². The van der Waals surface area contributed by atoms with Crippen LogP contribution in [0.25, 0.3) is 5.69 Å². The van der Waals surface area contributed by atoms with Crippen molar-refractivity contribution in [2.24, 2.45) is 0 Å². The van der Waals surface area contributed by atoms with Crippen LogP contribution in [0.4, 0.5) is 24.5 Å². The third-order valence-electron chi connectivity index (χ3n) is 7.12. The molecule has 1 aliphatic rings. The number of nitrogens with zero attached hydrogens (tertiary/aromatic N) is 3. The maximum atomic E-state index is 14.0. The zero-order valence-electron chi connectivity index (χ0n) is 22.9. The second-order valence-electron chi connectivity index (χ2n) is 9.82. The first-order valence-electron chi connectivity index (χ1n) is 13.0. The third-order valence-corrected chi connectivity index (χ3v) is 7.74. The molecule has 4 aromatic rings. The number of nitrogens with one attached hydrogen (secondary N) is 2. The lowest BCUT2D eigenvalue weighted by Crippen LogP contribution is -2.29. The van der Waals surface area contributed by atoms with E-state index in [2.05, 4.69) is 15.6 Å². The highest BCUT2D eigenvalue weighted by Gasteiger charge is 2.43. The molecule has 1 aliphatic heterocycles. The zero-order valence-corrected chi connectivity index (χ0v) is 24.4. The van der Waals surface area contributed by atoms with Gasteiger partial charge in [0, 0.05) is 30.4 Å². The van der Waals surface area contributed by atoms with Gasteiger partial charge in [0.25, 0.3) is 0 Å². The minimum atomic E-state index is -4.53. The number of ether oxygens (including phenoxy) is 1. The average Bonchev–Trinajstić information content (AvgIpc) is 3.44. The first-order chi connectivity index (χ1) is 20.0. The largest absolute Gasteiger partial charge is 0.418 e. The lowest BCUT2D eigenvalue weighted by atomic mass is 9.96. The van der Waals surface area contributed by atoms with Gasteiger partial charge in [0.2, 0.25) is 5.91 Å². The summed E-state index contributed by atoms with van der Waals surface area (Å²) >= 11 is 12.4. The van der Waals surface area contributed by atoms with Gasteiger partial charge < -0.3 is 24.8 Å². The summed E-state index contributed by atoms with van der Waals surface area (Å²) in [6.45, 7) is 3.45. The Labute approximate surface area is 251 Å². The second-order valence-corrected chi connectivity index (χ2v) is 10.6. The SMILES string of the molecule is COCC(=O)Nc1ccc(N2C(=S)N[C@H](c3ccccn3)[C@H]2c2cc(C)n(-c3ccccc3C(F)(F)F)c2C)cc1Cl. The zero-order chi connectivity index (χ0) is 30.2. The number of pyridine rings is 1. The number of thiocarbonyl (C=S) groups is 1. The Morgan fingerprint density at radius 1 is 1.12 bits per heavy atom. The number of carbonyl (C=O) groups excluding carboxylic acids is 1. The number of anilines is 2. The number of para-hydroxylation sites is 1. The van der Waals surface area contributed by atoms with Crippen molar-refractivity contribution in [3.63, 3.8) is 0 Å². The molecule has 2 aromatic heterocycles. The van der Waals surface area contributed by atoms with Crippen LogP contribution in [0.3, 0.4) is 0 Å². The van der Waals surface area contributed by atoms with Crippen molar-refractivity contribution < 1.29 is 22.7 Å². The standard InChI is InChI=1S/C30H27ClF3N5O2S/c1-17-14-20(18(2)38(17)25-10-5-4-8-21(25)30(32,33)34)28-27(24-9-6-7-13-35-24)37-29(42)39(28)19-11-12-23(22(31)15-19)36-26(40)16-41-3/h4-15,27-28H,16H2,1-3H3,(H,36,40)(H,37,42)/t27-,28-/m1/s1. The lowest BCUT2D eigenvalue weighted by molar-refractivity contribution is -0.137. The molecular formula is C30H27ClF3N5O2S. The van der Waals surface area contributed by atoms with Crippen LogP contribution in [0.1, 0.15) is 40.3 Å². The number of alkyl halides is 3. The molecule has 0 saturated carbocycles. The predicted molar refractivity (Wildman–Crippen MR) is 160 cm³/mol. The molecule has 0 radical (unpaired) electrons. The minimum Gasteiger partial charge on any atom is -0.375 e. The van der Waals surface area contributed by atoms with Crippen molar-refractivity contribution in [3.05, 3.63) is 106 Å². The molecule has 1 amide bonds. The lowest BCUT2D eigenvalue weighted by Gasteiger charge is -2.28. The maximum absolute atomic E-state index is 14.0. The number of benzene rings is 2. The number of carbonyl (C=O) groups is 1. The van der Waals surface area contributed by atoms with E-state index in [1.165, 1.54) is 19.2 Å². The molecule has 2 aromatic carbocycles. The van der Waals surface area contributed by atoms with Crippen molar-refractivity contribution in [2.45, 2.75) is 32.1 Å². The van der Waals surface area contributed by atoms with Crippen molar-refractivity contribution in [1.29, 1.82) is 0 Å². The molecule has 1 saturated heterocycles. The summed E-state index contributed by atoms with van der Waals surface area (Å²) in [4.78, 5) is 18.5. The Morgan fingerprint density at radius 2 is 1.86 bits per heavy atom. The average molecular weight is 614 g/mol. The van der Waals surface area contributed by atoms with Gasteiger partial charge in [-0.05, 0) is 80.2 Å². The number of aromatic nitrogens is 2. The molecule has 42 heavy (non-hydrogen) atoms. The van der Waals surface area contributed by atoms with Crippen LogP contribution < -0.4 is 15.5 Å². The van der Waals surface area contributed by atoms with Gasteiger partial charge in [-0.3, -0.25) is 9.78 Å². The molecule has 0 bridgehead atoms. The number of rotatable bonds is 7. The first-order valence-corrected chi connectivity index (χ1v) is 13.7. The number of hydrogen-bond donors (Lipinski definition) is 2. The summed E-state index contributed by atoms with van der Waals surface area (Å²) < 4.78 is 48.5. The third kappa shape index (κ3) is 5.59. The highest BCUT2D eigenvalue weighted by atomic mass is 35.5. The van der Waals surface area contributed by atoms with Gasteiger partial charge in [0.05, 0.1) is 39.7 Å². The molecule has 5 rings (SSSR count). The monoisotopic (exact) mass is 613 g/mol. The van der Waals surface area contributed by atoms with E-state index in [1.54, 1.807) is 54.9 Å². The van der Waals surface area contributed by atoms with Gasteiger partial charge in [-0.15, -0.1) is 0 Å². The summed E-state index contributed by atoms with van der Waals surface area (Å²) in [6, 6.07) is 17.2. The molecule has 218 valence electrons. The van der Waals surface area contributed by atoms with E-state index in [0.29, 0.717) is 33.6 Å². The van der Waals surface area contributed by atoms with Crippen LogP contribution >= 0.6 is 23.8 Å². The second kappa shape index (κ2) is 11.7. The van der Waals surface area contributed by atoms with E-state index < -0.39 is 23.8 Å². The Bertz CT molecular complexity index is 1640. The normalized spacial score (nSPS) is 16.9. The number of methoxy groups -OCH3 is 1. The number of amides is 1. The van der Waals surface area contributed by atoms with Crippen LogP contribution in [-0.2, 0) is 15.7 Å². The molecule has 7 nitrogen and oxygen atoms in total. The fraction of sp³-hybridized carbons (Fsp3) is 0.233. The molecule has 2 N–H and O–H groups in total. The summed E-state index contributed by atoms with van der Waals surface area (Å²) in [5.74, 6) is -0.356. The van der Waals surface area contributed by atoms with Gasteiger partial charge >= 0.3 is 6.18 Å². The quantitative estimate of drug-likeness (QED) is 0.221. The van der Waals surface area contributed by atoms with E-state index >= 15 is 0 Å². The number of hydrogen-bond acceptors (Lipinski definition) is 4. The summed E-state index contributed by atoms with van der Waals surface area (Å²) in [7, 11) is 1.42. The summed E-state index contributed by atoms with van der Waals surface area (Å²) in [6.07, 6.45) is -2.85. The fourth-order valence-electron chi connectivity index (χ4n) is 5.39. The van der Waals surface area contributed by atoms with Crippen LogP contribution in [0.2, 0.25) is 5.02 Å². The van der Waals surface area contributed by atoms with Gasteiger partial charge in [-0.1, -0.05) is 29.8 Å². The smallest absolute Gasteiger partial charge is 0.375 e. The molecule has 0 aliphatic carbocycles. The van der Waals surface area contributed by atoms with E-state index in [-0.39, 0.29) is 23.2 Å². The van der Waals surface area contributed by atoms with Crippen LogP contribution in [0.15, 0.2) is 72.9 Å². The minimum absolute atomic E-state index is 0.0416. The Morgan fingerprint density at radius 3 is 2.52 bits per heavy atom. The maximum Gasteiger partial charge on any atom is 0.418 e. The van der Waals surface area contributed by atoms with E-state index in [9.17, 15) is 18.0 Å². The van der Waals surface area contributed by atoms with Crippen molar-refractivity contribution >= 4 is 46.2 Å². The van der Waals surface area contributed by atoms with E-state index in [4.69, 9.17) is 28.6 Å². The molecular weight excluding hydrogens is 587 g/mol. The molecule has 1 fully saturated rings. The van der Waals surface area contributed by atoms with Gasteiger partial charge in [-0.25, -0.2) is 0 Å². The highest BCUT2D eigenvalue weighted by molar-refractivity contribution is 7.80. The molecule has 0 unspecified atom stereocenters. The van der Waals surface area contributed by atoms with Crippen molar-refractivity contribution in [3.8, 4) is 5.69 Å². The van der Waals surface area contributed by atoms with Crippen LogP contribution in [0.5, 0.6) is 0 Å². The van der Waals surface area contributed by atoms with Gasteiger partial charge in [0.1, 0.15) is 6.61 Å². The highest BCUT2D eigenvalue weighted by Crippen LogP contribution is 2.45. The van der Waals surface area contributed by atoms with Crippen molar-refractivity contribution in [2.75, 3.05) is 23.9 Å². The van der Waals surface area contributed by atoms with E-state index in [0.717, 1.165) is 11.6 Å². The molecule has 3 heterocycles. The molecule has 2 atom stereocenters. The fourth-order valence-corrected chi connectivity index (χ4v) is 5.96. The molecule has 12 heteroatoms. The number of aryl methyl sites for hydroxylation is 1. The predicted octanol–water partition coefficient (Wildman–Crippen LogP) is 6.92. The van der Waals surface area contributed by atoms with Gasteiger partial charge in [-0.2, -0.15) is 13.2 Å². The summed E-state index contributed by atoms with van der Waals surface area (Å²) in [5, 5.41) is 6.74. The first kappa shape index (κ1) is 29.6. The summed E-state index contributed by atoms with van der Waals surface area (Å²) in [5.41, 5.74) is 3.08. The topological polar surface area (TPSA) is 71.4 Å². The molecule has 0 spiro atoms. The van der Waals surface area contributed by atoms with Crippen molar-refractivity contribution in [1.82, 2.24) is 14.9 Å². The Balaban J connectivity index is 1.64. The van der Waals surface area contributed by atoms with Crippen LogP contribution in [0, 0.1) is 13.8 Å². The Hall–Kier alpha value is -3.93. The van der Waals surface area contributed by atoms with E-state index in [1.807, 2.05) is 23.1 Å². The number of halogens is 4.